The summed E-state index contributed by atoms with van der Waals surface area (Å²) in [7, 11) is 1.91. The van der Waals surface area contributed by atoms with Crippen molar-refractivity contribution < 1.29 is 14.6 Å². The van der Waals surface area contributed by atoms with Crippen LogP contribution in [0.15, 0.2) is 24.3 Å². The summed E-state index contributed by atoms with van der Waals surface area (Å²) in [5, 5.41) is 19.2. The molecule has 0 aliphatic carbocycles. The van der Waals surface area contributed by atoms with Gasteiger partial charge >= 0.3 is 0 Å². The van der Waals surface area contributed by atoms with Crippen LogP contribution < -0.4 is 0 Å². The Hall–Kier alpha value is -0.970. The summed E-state index contributed by atoms with van der Waals surface area (Å²) in [5.41, 5.74) is 0.411. The second-order valence-electron chi connectivity index (χ2n) is 5.25. The van der Waals surface area contributed by atoms with Gasteiger partial charge in [0.2, 0.25) is 0 Å². The molecule has 1 unspecified atom stereocenters. The zero-order valence-corrected chi connectivity index (χ0v) is 11.2. The summed E-state index contributed by atoms with van der Waals surface area (Å²) in [6, 6.07) is 5.88. The molecule has 2 N–H and O–H groups in total. The van der Waals surface area contributed by atoms with Gasteiger partial charge in [0.1, 0.15) is 5.82 Å². The van der Waals surface area contributed by atoms with Gasteiger partial charge in [0.15, 0.2) is 0 Å². The molecule has 0 aliphatic heterocycles. The Morgan fingerprint density at radius 2 is 1.83 bits per heavy atom. The number of rotatable bonds is 6. The van der Waals surface area contributed by atoms with Gasteiger partial charge in [0, 0.05) is 12.1 Å². The molecule has 0 saturated carbocycles. The Bertz CT molecular complexity index is 365. The fourth-order valence-corrected chi connectivity index (χ4v) is 1.59. The third-order valence-electron chi connectivity index (χ3n) is 3.41. The molecule has 4 heteroatoms. The molecule has 0 radical (unpaired) electrons. The number of likely N-dealkylation sites (N-methyl/N-ethyl adjacent to an activating group) is 1. The van der Waals surface area contributed by atoms with Gasteiger partial charge in [-0.2, -0.15) is 0 Å². The fraction of sp³-hybridized carbons (Fsp3) is 0.571. The molecule has 0 fully saturated rings. The minimum atomic E-state index is -0.609. The molecule has 1 aromatic carbocycles. The maximum atomic E-state index is 12.7. The highest BCUT2D eigenvalue weighted by molar-refractivity contribution is 5.18. The van der Waals surface area contributed by atoms with Crippen molar-refractivity contribution in [2.75, 3.05) is 20.2 Å². The normalized spacial score (nSPS) is 13.9. The molecule has 102 valence electrons. The molecular formula is C14H22FNO2. The first-order valence-electron chi connectivity index (χ1n) is 6.12. The van der Waals surface area contributed by atoms with E-state index in [1.165, 1.54) is 12.1 Å². The predicted molar refractivity (Wildman–Crippen MR) is 69.8 cm³/mol. The number of aliphatic hydroxyl groups is 2. The molecule has 0 heterocycles. The van der Waals surface area contributed by atoms with E-state index in [1.807, 2.05) is 25.8 Å². The van der Waals surface area contributed by atoms with E-state index >= 15 is 0 Å². The van der Waals surface area contributed by atoms with Crippen molar-refractivity contribution in [3.63, 3.8) is 0 Å². The second kappa shape index (κ2) is 6.27. The Morgan fingerprint density at radius 1 is 1.28 bits per heavy atom. The molecule has 0 amide bonds. The van der Waals surface area contributed by atoms with Crippen molar-refractivity contribution in [3.05, 3.63) is 35.6 Å². The van der Waals surface area contributed by atoms with Crippen molar-refractivity contribution in [2.24, 2.45) is 0 Å². The molecule has 0 aromatic heterocycles. The van der Waals surface area contributed by atoms with Crippen LogP contribution in [0.3, 0.4) is 0 Å². The Morgan fingerprint density at radius 3 is 2.33 bits per heavy atom. The SMILES string of the molecule is CN(CCC(O)c1ccc(F)cc1)C(C)(C)CO. The summed E-state index contributed by atoms with van der Waals surface area (Å²) in [6.07, 6.45) is -0.0616. The number of nitrogens with zero attached hydrogens (tertiary/aromatic N) is 1. The van der Waals surface area contributed by atoms with Crippen LogP contribution in [0.4, 0.5) is 4.39 Å². The van der Waals surface area contributed by atoms with Crippen molar-refractivity contribution in [1.82, 2.24) is 4.90 Å². The van der Waals surface area contributed by atoms with Crippen molar-refractivity contribution >= 4 is 0 Å². The van der Waals surface area contributed by atoms with Gasteiger partial charge in [0.05, 0.1) is 12.7 Å². The molecule has 1 rings (SSSR count). The minimum absolute atomic E-state index is 0.0656. The Labute approximate surface area is 108 Å². The van der Waals surface area contributed by atoms with Crippen LogP contribution in [0.2, 0.25) is 0 Å². The summed E-state index contributed by atoms with van der Waals surface area (Å²) >= 11 is 0. The predicted octanol–water partition coefficient (Wildman–Crippen LogP) is 1.95. The lowest BCUT2D eigenvalue weighted by molar-refractivity contribution is 0.0619. The molecule has 0 spiro atoms. The quantitative estimate of drug-likeness (QED) is 0.816. The summed E-state index contributed by atoms with van der Waals surface area (Å²) in [5.74, 6) is -0.301. The summed E-state index contributed by atoms with van der Waals surface area (Å²) in [4.78, 5) is 2.00. The van der Waals surface area contributed by atoms with Gasteiger partial charge in [-0.25, -0.2) is 4.39 Å². The smallest absolute Gasteiger partial charge is 0.123 e. The molecule has 1 aromatic rings. The summed E-state index contributed by atoms with van der Waals surface area (Å²) in [6.45, 7) is 4.61. The number of halogens is 1. The highest BCUT2D eigenvalue weighted by Gasteiger charge is 2.22. The van der Waals surface area contributed by atoms with E-state index in [0.717, 1.165) is 0 Å². The number of hydrogen-bond donors (Lipinski definition) is 2. The maximum absolute atomic E-state index is 12.7. The molecule has 0 saturated heterocycles. The molecule has 0 aliphatic rings. The number of benzene rings is 1. The highest BCUT2D eigenvalue weighted by atomic mass is 19.1. The summed E-state index contributed by atoms with van der Waals surface area (Å²) < 4.78 is 12.7. The Balaban J connectivity index is 2.51. The van der Waals surface area contributed by atoms with Gasteiger partial charge in [-0.15, -0.1) is 0 Å². The van der Waals surface area contributed by atoms with Crippen LogP contribution in [0, 0.1) is 5.82 Å². The van der Waals surface area contributed by atoms with Gasteiger partial charge in [-0.1, -0.05) is 12.1 Å². The average molecular weight is 255 g/mol. The van der Waals surface area contributed by atoms with Gasteiger partial charge < -0.3 is 10.2 Å². The van der Waals surface area contributed by atoms with E-state index in [1.54, 1.807) is 12.1 Å². The molecule has 3 nitrogen and oxygen atoms in total. The first-order valence-corrected chi connectivity index (χ1v) is 6.12. The second-order valence-corrected chi connectivity index (χ2v) is 5.25. The average Bonchev–Trinajstić information content (AvgIpc) is 2.36. The Kier molecular flexibility index (Phi) is 5.26. The lowest BCUT2D eigenvalue weighted by atomic mass is 10.0. The minimum Gasteiger partial charge on any atom is -0.394 e. The maximum Gasteiger partial charge on any atom is 0.123 e. The van der Waals surface area contributed by atoms with Crippen LogP contribution >= 0.6 is 0 Å². The van der Waals surface area contributed by atoms with Crippen LogP contribution in [-0.2, 0) is 0 Å². The zero-order chi connectivity index (χ0) is 13.8. The van der Waals surface area contributed by atoms with E-state index in [9.17, 15) is 14.6 Å². The van der Waals surface area contributed by atoms with Crippen molar-refractivity contribution in [2.45, 2.75) is 31.9 Å². The van der Waals surface area contributed by atoms with E-state index in [2.05, 4.69) is 0 Å². The lowest BCUT2D eigenvalue weighted by Gasteiger charge is -2.34. The number of aliphatic hydroxyl groups excluding tert-OH is 2. The molecule has 18 heavy (non-hydrogen) atoms. The van der Waals surface area contributed by atoms with E-state index in [4.69, 9.17) is 0 Å². The highest BCUT2D eigenvalue weighted by Crippen LogP contribution is 2.19. The largest absolute Gasteiger partial charge is 0.394 e. The van der Waals surface area contributed by atoms with Gasteiger partial charge in [-0.3, -0.25) is 4.90 Å². The van der Waals surface area contributed by atoms with E-state index in [-0.39, 0.29) is 18.0 Å². The van der Waals surface area contributed by atoms with E-state index in [0.29, 0.717) is 18.5 Å². The molecule has 1 atom stereocenters. The van der Waals surface area contributed by atoms with Crippen molar-refractivity contribution in [3.8, 4) is 0 Å². The van der Waals surface area contributed by atoms with Crippen LogP contribution in [0.5, 0.6) is 0 Å². The standard InChI is InChI=1S/C14H22FNO2/c1-14(2,10-17)16(3)9-8-13(18)11-4-6-12(15)7-5-11/h4-7,13,17-18H,8-10H2,1-3H3. The fourth-order valence-electron chi connectivity index (χ4n) is 1.59. The molecular weight excluding hydrogens is 233 g/mol. The van der Waals surface area contributed by atoms with Gasteiger partial charge in [0.25, 0.3) is 0 Å². The molecule has 0 bridgehead atoms. The third kappa shape index (κ3) is 4.05. The third-order valence-corrected chi connectivity index (χ3v) is 3.41. The van der Waals surface area contributed by atoms with Crippen molar-refractivity contribution in [1.29, 1.82) is 0 Å². The van der Waals surface area contributed by atoms with Crippen LogP contribution in [0.25, 0.3) is 0 Å². The zero-order valence-electron chi connectivity index (χ0n) is 11.2. The topological polar surface area (TPSA) is 43.7 Å². The number of hydrogen-bond acceptors (Lipinski definition) is 3. The van der Waals surface area contributed by atoms with Crippen LogP contribution in [-0.4, -0.2) is 40.9 Å². The first-order chi connectivity index (χ1) is 8.36. The van der Waals surface area contributed by atoms with E-state index < -0.39 is 6.10 Å². The first kappa shape index (κ1) is 15.1. The van der Waals surface area contributed by atoms with Crippen LogP contribution in [0.1, 0.15) is 31.9 Å². The van der Waals surface area contributed by atoms with Gasteiger partial charge in [-0.05, 0) is 45.0 Å². The monoisotopic (exact) mass is 255 g/mol. The lowest BCUT2D eigenvalue weighted by Crippen LogP contribution is -2.44.